The van der Waals surface area contributed by atoms with Gasteiger partial charge in [0.2, 0.25) is 0 Å². The van der Waals surface area contributed by atoms with E-state index >= 15 is 4.39 Å². The SMILES string of the molecule is O=C(Cc1ccc(F)cc1)C1(C(=O)Cc2ccc(Oc3ccnc4cc(-c5cncnc5)ncc34)c(F)c2)CC1. The van der Waals surface area contributed by atoms with Crippen molar-refractivity contribution >= 4 is 22.5 Å². The number of benzene rings is 2. The molecule has 0 bridgehead atoms. The molecule has 2 aromatic carbocycles. The zero-order valence-electron chi connectivity index (χ0n) is 21.2. The molecule has 0 atom stereocenters. The number of halogens is 2. The zero-order valence-corrected chi connectivity index (χ0v) is 21.2. The predicted octanol–water partition coefficient (Wildman–Crippen LogP) is 5.86. The molecule has 3 heterocycles. The Morgan fingerprint density at radius 2 is 1.50 bits per heavy atom. The third kappa shape index (κ3) is 5.05. The molecule has 5 aromatic rings. The molecule has 7 nitrogen and oxygen atoms in total. The van der Waals surface area contributed by atoms with Gasteiger partial charge in [-0.1, -0.05) is 18.2 Å². The van der Waals surface area contributed by atoms with Crippen LogP contribution in [0, 0.1) is 17.0 Å². The second kappa shape index (κ2) is 10.3. The molecular weight excluding hydrogens is 514 g/mol. The summed E-state index contributed by atoms with van der Waals surface area (Å²) in [5, 5.41) is 0.595. The molecule has 0 aliphatic heterocycles. The second-order valence-corrected chi connectivity index (χ2v) is 9.80. The molecule has 40 heavy (non-hydrogen) atoms. The quantitative estimate of drug-likeness (QED) is 0.218. The number of carbonyl (C=O) groups excluding carboxylic acids is 2. The Morgan fingerprint density at radius 3 is 2.20 bits per heavy atom. The van der Waals surface area contributed by atoms with Crippen LogP contribution < -0.4 is 4.74 Å². The van der Waals surface area contributed by atoms with Gasteiger partial charge in [-0.25, -0.2) is 18.7 Å². The highest BCUT2D eigenvalue weighted by molar-refractivity contribution is 6.11. The summed E-state index contributed by atoms with van der Waals surface area (Å²) in [4.78, 5) is 42.8. The van der Waals surface area contributed by atoms with Crippen molar-refractivity contribution in [2.45, 2.75) is 25.7 Å². The van der Waals surface area contributed by atoms with Crippen molar-refractivity contribution in [3.8, 4) is 22.8 Å². The van der Waals surface area contributed by atoms with Crippen LogP contribution in [0.25, 0.3) is 22.2 Å². The molecule has 1 aliphatic carbocycles. The van der Waals surface area contributed by atoms with Crippen LogP contribution in [0.15, 0.2) is 85.7 Å². The van der Waals surface area contributed by atoms with Crippen molar-refractivity contribution in [3.63, 3.8) is 0 Å². The molecule has 9 heteroatoms. The highest BCUT2D eigenvalue weighted by Gasteiger charge is 2.54. The molecule has 0 saturated heterocycles. The third-order valence-corrected chi connectivity index (χ3v) is 7.12. The summed E-state index contributed by atoms with van der Waals surface area (Å²) in [6, 6.07) is 13.4. The number of rotatable bonds is 9. The molecule has 3 aromatic heterocycles. The topological polar surface area (TPSA) is 94.9 Å². The Balaban J connectivity index is 1.16. The number of Topliss-reactive ketones (excluding diaryl/α,β-unsaturated/α-hetero) is 2. The van der Waals surface area contributed by atoms with Gasteiger partial charge in [0.05, 0.1) is 22.0 Å². The molecule has 198 valence electrons. The van der Waals surface area contributed by atoms with E-state index in [0.717, 1.165) is 5.56 Å². The molecule has 0 spiro atoms. The minimum atomic E-state index is -1.05. The van der Waals surface area contributed by atoms with Crippen LogP contribution in [0.4, 0.5) is 8.78 Å². The van der Waals surface area contributed by atoms with Gasteiger partial charge >= 0.3 is 0 Å². The van der Waals surface area contributed by atoms with E-state index in [9.17, 15) is 14.0 Å². The zero-order chi connectivity index (χ0) is 27.7. The van der Waals surface area contributed by atoms with E-state index in [1.807, 2.05) is 0 Å². The monoisotopic (exact) mass is 536 g/mol. The number of ether oxygens (including phenoxy) is 1. The molecule has 1 aliphatic rings. The van der Waals surface area contributed by atoms with Crippen LogP contribution in [0.1, 0.15) is 24.0 Å². The predicted molar refractivity (Wildman–Crippen MR) is 143 cm³/mol. The van der Waals surface area contributed by atoms with Crippen LogP contribution in [-0.2, 0) is 22.4 Å². The Morgan fingerprint density at radius 1 is 0.800 bits per heavy atom. The number of aromatic nitrogens is 4. The number of pyridine rings is 2. The number of nitrogens with zero attached hydrogens (tertiary/aromatic N) is 4. The minimum Gasteiger partial charge on any atom is -0.453 e. The summed E-state index contributed by atoms with van der Waals surface area (Å²) >= 11 is 0. The average molecular weight is 537 g/mol. The van der Waals surface area contributed by atoms with Gasteiger partial charge in [0.1, 0.15) is 17.9 Å². The standard InChI is InChI=1S/C31H22F2N4O3/c32-22-4-1-19(2-5-22)12-29(38)31(8-9-31)30(39)13-20-3-6-28(24(33)11-20)40-27-7-10-36-26-14-25(37-17-23(26)27)21-15-34-18-35-16-21/h1-7,10-11,14-18H,8-9,12-13H2. The van der Waals surface area contributed by atoms with Crippen molar-refractivity contribution in [1.29, 1.82) is 0 Å². The van der Waals surface area contributed by atoms with Gasteiger partial charge in [-0.3, -0.25) is 19.6 Å². The van der Waals surface area contributed by atoms with Gasteiger partial charge in [0, 0.05) is 43.2 Å². The van der Waals surface area contributed by atoms with Crippen LogP contribution in [-0.4, -0.2) is 31.5 Å². The van der Waals surface area contributed by atoms with E-state index in [1.54, 1.807) is 55.1 Å². The molecule has 0 radical (unpaired) electrons. The van der Waals surface area contributed by atoms with Crippen molar-refractivity contribution in [2.75, 3.05) is 0 Å². The lowest BCUT2D eigenvalue weighted by Crippen LogP contribution is -2.28. The molecule has 0 unspecified atom stereocenters. The first-order valence-corrected chi connectivity index (χ1v) is 12.7. The lowest BCUT2D eigenvalue weighted by atomic mass is 9.88. The smallest absolute Gasteiger partial charge is 0.166 e. The lowest BCUT2D eigenvalue weighted by Gasteiger charge is -2.14. The fourth-order valence-corrected chi connectivity index (χ4v) is 4.70. The molecular formula is C31H22F2N4O3. The van der Waals surface area contributed by atoms with E-state index in [4.69, 9.17) is 4.74 Å². The molecule has 1 fully saturated rings. The van der Waals surface area contributed by atoms with Crippen molar-refractivity contribution in [2.24, 2.45) is 5.41 Å². The lowest BCUT2D eigenvalue weighted by molar-refractivity contribution is -0.133. The first-order valence-electron chi connectivity index (χ1n) is 12.7. The van der Waals surface area contributed by atoms with Crippen molar-refractivity contribution in [1.82, 2.24) is 19.9 Å². The Kier molecular flexibility index (Phi) is 6.55. The second-order valence-electron chi connectivity index (χ2n) is 9.80. The molecule has 0 amide bonds. The Labute approximate surface area is 227 Å². The molecule has 6 rings (SSSR count). The van der Waals surface area contributed by atoms with Crippen LogP contribution in [0.5, 0.6) is 11.5 Å². The van der Waals surface area contributed by atoms with E-state index in [0.29, 0.717) is 46.3 Å². The fraction of sp³-hybridized carbons (Fsp3) is 0.161. The van der Waals surface area contributed by atoms with E-state index in [1.165, 1.54) is 30.6 Å². The highest BCUT2D eigenvalue weighted by Crippen LogP contribution is 2.49. The van der Waals surface area contributed by atoms with Crippen molar-refractivity contribution < 1.29 is 23.1 Å². The normalized spacial score (nSPS) is 13.7. The first kappa shape index (κ1) is 25.4. The largest absolute Gasteiger partial charge is 0.453 e. The van der Waals surface area contributed by atoms with Gasteiger partial charge < -0.3 is 4.74 Å². The number of carbonyl (C=O) groups is 2. The Bertz CT molecular complexity index is 1740. The van der Waals surface area contributed by atoms with E-state index in [-0.39, 0.29) is 36.0 Å². The van der Waals surface area contributed by atoms with E-state index in [2.05, 4.69) is 19.9 Å². The maximum absolute atomic E-state index is 15.1. The number of hydrogen-bond donors (Lipinski definition) is 0. The number of ketones is 2. The average Bonchev–Trinajstić information content (AvgIpc) is 3.79. The highest BCUT2D eigenvalue weighted by atomic mass is 19.1. The summed E-state index contributed by atoms with van der Waals surface area (Å²) in [5.41, 5.74) is 2.04. The molecule has 1 saturated carbocycles. The van der Waals surface area contributed by atoms with Gasteiger partial charge in [-0.2, -0.15) is 0 Å². The summed E-state index contributed by atoms with van der Waals surface area (Å²) in [6.45, 7) is 0. The maximum Gasteiger partial charge on any atom is 0.166 e. The summed E-state index contributed by atoms with van der Waals surface area (Å²) in [6.07, 6.45) is 8.82. The van der Waals surface area contributed by atoms with Crippen molar-refractivity contribution in [3.05, 3.63) is 108 Å². The van der Waals surface area contributed by atoms with Gasteiger partial charge in [0.15, 0.2) is 23.1 Å². The maximum atomic E-state index is 15.1. The number of fused-ring (bicyclic) bond motifs is 1. The van der Waals surface area contributed by atoms with Gasteiger partial charge in [-0.05, 0) is 60.4 Å². The summed E-state index contributed by atoms with van der Waals surface area (Å²) in [5.74, 6) is -1.09. The van der Waals surface area contributed by atoms with E-state index < -0.39 is 11.2 Å². The van der Waals surface area contributed by atoms with Crippen LogP contribution in [0.3, 0.4) is 0 Å². The van der Waals surface area contributed by atoms with Crippen LogP contribution >= 0.6 is 0 Å². The minimum absolute atomic E-state index is 0.0160. The van der Waals surface area contributed by atoms with Gasteiger partial charge in [0.25, 0.3) is 0 Å². The summed E-state index contributed by atoms with van der Waals surface area (Å²) < 4.78 is 34.1. The van der Waals surface area contributed by atoms with Crippen LogP contribution in [0.2, 0.25) is 0 Å². The molecule has 0 N–H and O–H groups in total. The first-order chi connectivity index (χ1) is 19.4. The fourth-order valence-electron chi connectivity index (χ4n) is 4.70. The summed E-state index contributed by atoms with van der Waals surface area (Å²) in [7, 11) is 0. The van der Waals surface area contributed by atoms with Gasteiger partial charge in [-0.15, -0.1) is 0 Å². The number of hydrogen-bond acceptors (Lipinski definition) is 7. The Hall–Kier alpha value is -4.92. The third-order valence-electron chi connectivity index (χ3n) is 7.12.